The van der Waals surface area contributed by atoms with Crippen LogP contribution in [0.3, 0.4) is 0 Å². The number of benzene rings is 2. The topological polar surface area (TPSA) is 102 Å². The zero-order valence-corrected chi connectivity index (χ0v) is 18.0. The molecule has 0 aliphatic carbocycles. The van der Waals surface area contributed by atoms with Crippen molar-refractivity contribution in [1.82, 2.24) is 5.32 Å². The highest BCUT2D eigenvalue weighted by Gasteiger charge is 2.43. The Labute approximate surface area is 179 Å². The van der Waals surface area contributed by atoms with Crippen LogP contribution in [0.1, 0.15) is 17.3 Å². The molecule has 1 heterocycles. The highest BCUT2D eigenvalue weighted by molar-refractivity contribution is 7.94. The number of anilines is 1. The van der Waals surface area contributed by atoms with Crippen LogP contribution in [0.25, 0.3) is 0 Å². The molecule has 0 saturated carbocycles. The van der Waals surface area contributed by atoms with Gasteiger partial charge in [0.1, 0.15) is 18.1 Å². The second-order valence-electron chi connectivity index (χ2n) is 6.73. The van der Waals surface area contributed by atoms with Crippen LogP contribution in [0.5, 0.6) is 11.5 Å². The van der Waals surface area contributed by atoms with Crippen molar-refractivity contribution in [2.45, 2.75) is 6.92 Å². The van der Waals surface area contributed by atoms with Crippen LogP contribution in [-0.4, -0.2) is 46.2 Å². The summed E-state index contributed by atoms with van der Waals surface area (Å²) in [6, 6.07) is 11.2. The normalized spacial score (nSPS) is 17.6. The van der Waals surface area contributed by atoms with E-state index in [-0.39, 0.29) is 35.2 Å². The van der Waals surface area contributed by atoms with Gasteiger partial charge in [0, 0.05) is 5.56 Å². The van der Waals surface area contributed by atoms with E-state index in [1.54, 1.807) is 31.4 Å². The Bertz CT molecular complexity index is 1060. The number of rotatable bonds is 7. The molecule has 8 nitrogen and oxygen atoms in total. The zero-order valence-electron chi connectivity index (χ0n) is 16.4. The first kappa shape index (κ1) is 21.9. The summed E-state index contributed by atoms with van der Waals surface area (Å²) in [4.78, 5) is 24.7. The monoisotopic (exact) mass is 452 g/mol. The highest BCUT2D eigenvalue weighted by Crippen LogP contribution is 2.34. The average Bonchev–Trinajstić information content (AvgIpc) is 2.92. The van der Waals surface area contributed by atoms with Gasteiger partial charge in [-0.15, -0.1) is 0 Å². The number of halogens is 1. The minimum Gasteiger partial charge on any atom is -0.497 e. The van der Waals surface area contributed by atoms with Crippen LogP contribution in [0, 0.1) is 5.92 Å². The number of methoxy groups -OCH3 is 1. The van der Waals surface area contributed by atoms with Crippen LogP contribution in [0.2, 0.25) is 5.02 Å². The van der Waals surface area contributed by atoms with E-state index in [0.29, 0.717) is 15.8 Å². The number of ether oxygens (including phenoxy) is 2. The SMILES string of the molecule is COc1ccc(OCCNC(=O)c2ccc(Cl)c(N3C(=O)C(C)CS3(=O)=O)c2)cc1. The third-order valence-electron chi connectivity index (χ3n) is 4.50. The van der Waals surface area contributed by atoms with Crippen molar-refractivity contribution in [2.24, 2.45) is 5.92 Å². The summed E-state index contributed by atoms with van der Waals surface area (Å²) in [6.07, 6.45) is 0. The third-order valence-corrected chi connectivity index (χ3v) is 6.68. The van der Waals surface area contributed by atoms with Gasteiger partial charge in [0.15, 0.2) is 0 Å². The summed E-state index contributed by atoms with van der Waals surface area (Å²) in [6.45, 7) is 1.99. The maximum atomic E-state index is 12.4. The fraction of sp³-hybridized carbons (Fsp3) is 0.300. The minimum atomic E-state index is -3.82. The number of nitrogens with one attached hydrogen (secondary N) is 1. The first-order valence-electron chi connectivity index (χ1n) is 9.14. The van der Waals surface area contributed by atoms with Crippen LogP contribution in [-0.2, 0) is 14.8 Å². The molecular formula is C20H21ClN2O6S. The van der Waals surface area contributed by atoms with Gasteiger partial charge in [-0.05, 0) is 42.5 Å². The summed E-state index contributed by atoms with van der Waals surface area (Å²) in [5.41, 5.74) is 0.162. The van der Waals surface area contributed by atoms with Crippen molar-refractivity contribution in [3.05, 3.63) is 53.1 Å². The van der Waals surface area contributed by atoms with Gasteiger partial charge in [-0.25, -0.2) is 12.7 Å². The van der Waals surface area contributed by atoms with Crippen molar-refractivity contribution in [3.63, 3.8) is 0 Å². The predicted molar refractivity (Wildman–Crippen MR) is 113 cm³/mol. The number of carbonyl (C=O) groups excluding carboxylic acids is 2. The molecule has 1 aliphatic rings. The number of sulfonamides is 1. The van der Waals surface area contributed by atoms with Gasteiger partial charge in [-0.2, -0.15) is 0 Å². The van der Waals surface area contributed by atoms with Crippen molar-refractivity contribution in [1.29, 1.82) is 0 Å². The molecule has 1 aliphatic heterocycles. The second-order valence-corrected chi connectivity index (χ2v) is 9.00. The number of hydrogen-bond acceptors (Lipinski definition) is 6. The van der Waals surface area contributed by atoms with Gasteiger partial charge in [-0.1, -0.05) is 18.5 Å². The minimum absolute atomic E-state index is 0.0202. The predicted octanol–water partition coefficient (Wildman–Crippen LogP) is 2.47. The molecule has 2 aromatic carbocycles. The molecule has 0 bridgehead atoms. The van der Waals surface area contributed by atoms with E-state index in [0.717, 1.165) is 0 Å². The van der Waals surface area contributed by atoms with Gasteiger partial charge in [0.2, 0.25) is 15.9 Å². The summed E-state index contributed by atoms with van der Waals surface area (Å²) in [5, 5.41) is 2.75. The molecule has 1 atom stereocenters. The number of amides is 2. The summed E-state index contributed by atoms with van der Waals surface area (Å²) in [7, 11) is -2.25. The lowest BCUT2D eigenvalue weighted by atomic mass is 10.1. The summed E-state index contributed by atoms with van der Waals surface area (Å²) >= 11 is 6.12. The van der Waals surface area contributed by atoms with E-state index in [1.165, 1.54) is 25.1 Å². The molecule has 1 saturated heterocycles. The maximum Gasteiger partial charge on any atom is 0.251 e. The highest BCUT2D eigenvalue weighted by atomic mass is 35.5. The van der Waals surface area contributed by atoms with E-state index < -0.39 is 27.8 Å². The van der Waals surface area contributed by atoms with E-state index in [2.05, 4.69) is 5.32 Å². The molecule has 0 spiro atoms. The Hall–Kier alpha value is -2.78. The Morgan fingerprint density at radius 3 is 2.47 bits per heavy atom. The van der Waals surface area contributed by atoms with Crippen LogP contribution >= 0.6 is 11.6 Å². The largest absolute Gasteiger partial charge is 0.497 e. The van der Waals surface area contributed by atoms with Gasteiger partial charge < -0.3 is 14.8 Å². The van der Waals surface area contributed by atoms with Gasteiger partial charge in [0.05, 0.1) is 36.0 Å². The Morgan fingerprint density at radius 2 is 1.87 bits per heavy atom. The molecule has 2 aromatic rings. The first-order valence-corrected chi connectivity index (χ1v) is 11.1. The van der Waals surface area contributed by atoms with Crippen molar-refractivity contribution in [3.8, 4) is 11.5 Å². The molecule has 0 radical (unpaired) electrons. The fourth-order valence-electron chi connectivity index (χ4n) is 2.98. The molecule has 3 rings (SSSR count). The van der Waals surface area contributed by atoms with Gasteiger partial charge in [-0.3, -0.25) is 9.59 Å². The summed E-state index contributed by atoms with van der Waals surface area (Å²) in [5.74, 6) is -0.626. The third kappa shape index (κ3) is 4.68. The molecule has 1 N–H and O–H groups in total. The lowest BCUT2D eigenvalue weighted by Crippen LogP contribution is -2.31. The quantitative estimate of drug-likeness (QED) is 0.647. The molecule has 1 unspecified atom stereocenters. The molecule has 1 fully saturated rings. The second kappa shape index (κ2) is 8.93. The smallest absolute Gasteiger partial charge is 0.251 e. The van der Waals surface area contributed by atoms with Crippen LogP contribution in [0.15, 0.2) is 42.5 Å². The van der Waals surface area contributed by atoms with Crippen LogP contribution < -0.4 is 19.1 Å². The molecule has 160 valence electrons. The molecule has 10 heteroatoms. The van der Waals surface area contributed by atoms with Crippen molar-refractivity contribution >= 4 is 39.1 Å². The standard InChI is InChI=1S/C20H21ClN2O6S/c1-13-12-30(26,27)23(20(13)25)18-11-14(3-8-17(18)21)19(24)22-9-10-29-16-6-4-15(28-2)5-7-16/h3-8,11,13H,9-10,12H2,1-2H3,(H,22,24). The number of nitrogens with zero attached hydrogens (tertiary/aromatic N) is 1. The lowest BCUT2D eigenvalue weighted by molar-refractivity contribution is -0.119. The van der Waals surface area contributed by atoms with Crippen molar-refractivity contribution < 1.29 is 27.5 Å². The molecule has 0 aromatic heterocycles. The molecule has 30 heavy (non-hydrogen) atoms. The fourth-order valence-corrected chi connectivity index (χ4v) is 5.07. The van der Waals surface area contributed by atoms with E-state index in [1.807, 2.05) is 0 Å². The number of carbonyl (C=O) groups is 2. The molecular weight excluding hydrogens is 432 g/mol. The first-order chi connectivity index (χ1) is 14.2. The van der Waals surface area contributed by atoms with Crippen molar-refractivity contribution in [2.75, 3.05) is 30.3 Å². The zero-order chi connectivity index (χ0) is 21.9. The Kier molecular flexibility index (Phi) is 6.52. The van der Waals surface area contributed by atoms with E-state index >= 15 is 0 Å². The van der Waals surface area contributed by atoms with Gasteiger partial charge >= 0.3 is 0 Å². The van der Waals surface area contributed by atoms with E-state index in [9.17, 15) is 18.0 Å². The summed E-state index contributed by atoms with van der Waals surface area (Å²) < 4.78 is 35.9. The van der Waals surface area contributed by atoms with E-state index in [4.69, 9.17) is 21.1 Å². The lowest BCUT2D eigenvalue weighted by Gasteiger charge is -2.17. The average molecular weight is 453 g/mol. The van der Waals surface area contributed by atoms with Gasteiger partial charge in [0.25, 0.3) is 5.91 Å². The Morgan fingerprint density at radius 1 is 1.20 bits per heavy atom. The Balaban J connectivity index is 1.64. The number of hydrogen-bond donors (Lipinski definition) is 1. The maximum absolute atomic E-state index is 12.4. The molecule has 2 amide bonds. The van der Waals surface area contributed by atoms with Crippen LogP contribution in [0.4, 0.5) is 5.69 Å².